The first-order valence-electron chi connectivity index (χ1n) is 14.8. The van der Waals surface area contributed by atoms with Gasteiger partial charge in [0.25, 0.3) is 0 Å². The molecular formula is C32H28ClF3N8O2S. The van der Waals surface area contributed by atoms with Crippen LogP contribution in [0.1, 0.15) is 43.4 Å². The van der Waals surface area contributed by atoms with Crippen LogP contribution in [0.2, 0.25) is 5.02 Å². The Balaban J connectivity index is 1.42. The number of nitrogens with one attached hydrogen (secondary N) is 1. The molecule has 3 atom stereocenters. The topological polar surface area (TPSA) is 159 Å². The van der Waals surface area contributed by atoms with Crippen LogP contribution in [0.15, 0.2) is 30.5 Å². The lowest BCUT2D eigenvalue weighted by molar-refractivity contribution is 0.107. The number of phenolic OH excluding ortho intramolecular Hbond substituents is 1. The van der Waals surface area contributed by atoms with Crippen LogP contribution < -0.4 is 21.5 Å². The number of ether oxygens (including phenoxy) is 1. The number of nitrogens with two attached hydrogens (primary N) is 2. The van der Waals surface area contributed by atoms with E-state index in [4.69, 9.17) is 27.8 Å². The molecule has 2 aliphatic heterocycles. The Morgan fingerprint density at radius 2 is 2.09 bits per heavy atom. The molecule has 0 spiro atoms. The third-order valence-electron chi connectivity index (χ3n) is 9.10. The molecule has 47 heavy (non-hydrogen) atoms. The summed E-state index contributed by atoms with van der Waals surface area (Å²) in [6, 6.07) is 7.05. The number of aromatic nitrogens is 3. The number of hydrogen-bond donors (Lipinski definition) is 4. The number of pyridine rings is 1. The lowest BCUT2D eigenvalue weighted by atomic mass is 9.95. The molecule has 2 saturated heterocycles. The fourth-order valence-corrected chi connectivity index (χ4v) is 8.14. The summed E-state index contributed by atoms with van der Waals surface area (Å²) in [7, 11) is 0. The van der Waals surface area contributed by atoms with Gasteiger partial charge in [-0.2, -0.15) is 15.2 Å². The Kier molecular flexibility index (Phi) is 7.65. The van der Waals surface area contributed by atoms with Gasteiger partial charge in [-0.15, -0.1) is 11.3 Å². The van der Waals surface area contributed by atoms with E-state index in [1.807, 2.05) is 6.07 Å². The van der Waals surface area contributed by atoms with Crippen molar-refractivity contribution in [3.05, 3.63) is 58.2 Å². The maximum atomic E-state index is 16.9. The normalized spacial score (nSPS) is 20.0. The maximum absolute atomic E-state index is 16.9. The number of benzene rings is 2. The van der Waals surface area contributed by atoms with E-state index in [-0.39, 0.29) is 66.9 Å². The van der Waals surface area contributed by atoms with E-state index in [1.165, 1.54) is 6.07 Å². The number of rotatable bonds is 7. The number of phenols is 1. The van der Waals surface area contributed by atoms with Gasteiger partial charge in [0.1, 0.15) is 52.6 Å². The van der Waals surface area contributed by atoms with E-state index in [1.54, 1.807) is 25.3 Å². The molecule has 6 N–H and O–H groups in total. The van der Waals surface area contributed by atoms with Crippen molar-refractivity contribution < 1.29 is 23.0 Å². The van der Waals surface area contributed by atoms with Gasteiger partial charge in [-0.05, 0) is 44.0 Å². The predicted molar refractivity (Wildman–Crippen MR) is 175 cm³/mol. The van der Waals surface area contributed by atoms with Crippen LogP contribution >= 0.6 is 22.9 Å². The highest BCUT2D eigenvalue weighted by atomic mass is 35.5. The number of alkyl halides is 1. The zero-order valence-corrected chi connectivity index (χ0v) is 26.5. The molecule has 0 saturated carbocycles. The Bertz CT molecular complexity index is 2130. The van der Waals surface area contributed by atoms with E-state index in [0.29, 0.717) is 18.5 Å². The molecule has 0 aliphatic carbocycles. The molecule has 0 unspecified atom stereocenters. The first-order valence-corrected chi connectivity index (χ1v) is 16.0. The van der Waals surface area contributed by atoms with Crippen molar-refractivity contribution in [1.82, 2.24) is 19.9 Å². The summed E-state index contributed by atoms with van der Waals surface area (Å²) >= 11 is 7.53. The minimum Gasteiger partial charge on any atom is -0.506 e. The van der Waals surface area contributed by atoms with Gasteiger partial charge in [-0.25, -0.2) is 18.2 Å². The average molecular weight is 681 g/mol. The Labute approximate surface area is 275 Å². The zero-order valence-electron chi connectivity index (χ0n) is 25.0. The van der Waals surface area contributed by atoms with Crippen LogP contribution in [-0.4, -0.2) is 56.4 Å². The molecule has 10 nitrogen and oxygen atoms in total. The van der Waals surface area contributed by atoms with Gasteiger partial charge < -0.3 is 26.6 Å². The standard InChI is InChI=1S/C32H28ClF3N8O2S/c1-14(16-4-2-8-40-28(16)38)41-30-22-25(42-31(43-30)46-13-32-7-3-9-44(32)12-15(34)10-32)24(36)21(23(33)26(22)45)17-5-6-19(35)27-20(17)18(11-37)29(39)47-27/h2,4-6,8,14-15,45H,3,7,9-10,12-13,39H2,1H3,(H2,38,40)(H,41,42,43)/t14-,15-,32+/m1/s1. The highest BCUT2D eigenvalue weighted by molar-refractivity contribution is 7.23. The van der Waals surface area contributed by atoms with Crippen molar-refractivity contribution in [1.29, 1.82) is 5.26 Å². The average Bonchev–Trinajstić information content (AvgIpc) is 3.69. The number of nitrogen functional groups attached to an aromatic ring is 2. The van der Waals surface area contributed by atoms with Crippen LogP contribution in [0.4, 0.5) is 29.8 Å². The fraction of sp³-hybridized carbons (Fsp3) is 0.312. The van der Waals surface area contributed by atoms with Crippen molar-refractivity contribution in [2.45, 2.75) is 43.9 Å². The largest absolute Gasteiger partial charge is 0.506 e. The predicted octanol–water partition coefficient (Wildman–Crippen LogP) is 6.71. The van der Waals surface area contributed by atoms with Gasteiger partial charge in [0.2, 0.25) is 0 Å². The summed E-state index contributed by atoms with van der Waals surface area (Å²) < 4.78 is 52.3. The van der Waals surface area contributed by atoms with Crippen LogP contribution in [0.25, 0.3) is 32.1 Å². The van der Waals surface area contributed by atoms with Crippen molar-refractivity contribution >= 4 is 60.6 Å². The van der Waals surface area contributed by atoms with E-state index in [2.05, 4.69) is 25.2 Å². The van der Waals surface area contributed by atoms with Gasteiger partial charge in [0.15, 0.2) is 5.82 Å². The molecule has 242 valence electrons. The molecular weight excluding hydrogens is 653 g/mol. The Morgan fingerprint density at radius 1 is 1.28 bits per heavy atom. The maximum Gasteiger partial charge on any atom is 0.319 e. The first kappa shape index (κ1) is 31.0. The molecule has 2 fully saturated rings. The van der Waals surface area contributed by atoms with Gasteiger partial charge >= 0.3 is 6.01 Å². The summed E-state index contributed by atoms with van der Waals surface area (Å²) in [6.45, 7) is 2.90. The van der Waals surface area contributed by atoms with E-state index in [9.17, 15) is 19.1 Å². The summed E-state index contributed by atoms with van der Waals surface area (Å²) in [5, 5.41) is 24.1. The molecule has 0 radical (unpaired) electrons. The molecule has 15 heteroatoms. The molecule has 0 amide bonds. The molecule has 7 rings (SSSR count). The number of thiophene rings is 1. The van der Waals surface area contributed by atoms with Gasteiger partial charge in [-0.1, -0.05) is 23.7 Å². The summed E-state index contributed by atoms with van der Waals surface area (Å²) in [5.41, 5.74) is 11.5. The molecule has 5 heterocycles. The van der Waals surface area contributed by atoms with Crippen molar-refractivity contribution in [2.24, 2.45) is 0 Å². The minimum atomic E-state index is -0.990. The number of halogens is 4. The second kappa shape index (κ2) is 11.6. The number of nitrogens with zero attached hydrogens (tertiary/aromatic N) is 5. The van der Waals surface area contributed by atoms with Crippen LogP contribution in [0.3, 0.4) is 0 Å². The third kappa shape index (κ3) is 5.00. The summed E-state index contributed by atoms with van der Waals surface area (Å²) in [4.78, 5) is 15.1. The number of aromatic hydroxyl groups is 1. The van der Waals surface area contributed by atoms with E-state index in [0.717, 1.165) is 36.8 Å². The highest BCUT2D eigenvalue weighted by Gasteiger charge is 2.49. The van der Waals surface area contributed by atoms with Crippen LogP contribution in [0, 0.1) is 23.0 Å². The SMILES string of the molecule is C[C@@H](Nc1nc(OC[C@@]23CCCN2C[C@H](F)C3)nc2c(F)c(-c3ccc(F)c4sc(N)c(C#N)c34)c(Cl)c(O)c12)c1cccnc1N. The molecule has 2 aromatic carbocycles. The van der Waals surface area contributed by atoms with E-state index >= 15 is 4.39 Å². The Morgan fingerprint density at radius 3 is 2.85 bits per heavy atom. The number of fused-ring (bicyclic) bond motifs is 3. The smallest absolute Gasteiger partial charge is 0.319 e. The summed E-state index contributed by atoms with van der Waals surface area (Å²) in [5.74, 6) is -1.95. The van der Waals surface area contributed by atoms with Crippen molar-refractivity contribution in [3.8, 4) is 29.0 Å². The molecule has 2 aliphatic rings. The van der Waals surface area contributed by atoms with E-state index < -0.39 is 40.2 Å². The lowest BCUT2D eigenvalue weighted by Gasteiger charge is -2.31. The molecule has 5 aromatic rings. The monoisotopic (exact) mass is 680 g/mol. The molecule has 0 bridgehead atoms. The number of anilines is 3. The zero-order chi connectivity index (χ0) is 33.2. The first-order chi connectivity index (χ1) is 22.5. The number of nitriles is 1. The van der Waals surface area contributed by atoms with Crippen LogP contribution in [0.5, 0.6) is 11.8 Å². The highest BCUT2D eigenvalue weighted by Crippen LogP contribution is 2.49. The lowest BCUT2D eigenvalue weighted by Crippen LogP contribution is -2.43. The van der Waals surface area contributed by atoms with Crippen LogP contribution in [-0.2, 0) is 0 Å². The second-order valence-electron chi connectivity index (χ2n) is 11.9. The van der Waals surface area contributed by atoms with Crippen molar-refractivity contribution in [3.63, 3.8) is 0 Å². The quantitative estimate of drug-likeness (QED) is 0.146. The number of hydrogen-bond acceptors (Lipinski definition) is 11. The van der Waals surface area contributed by atoms with Gasteiger partial charge in [0, 0.05) is 35.7 Å². The molecule has 3 aromatic heterocycles. The fourth-order valence-electron chi connectivity index (χ4n) is 6.91. The Hall–Kier alpha value is -4.58. The third-order valence-corrected chi connectivity index (χ3v) is 10.5. The minimum absolute atomic E-state index is 0.0112. The van der Waals surface area contributed by atoms with Crippen molar-refractivity contribution in [2.75, 3.05) is 36.5 Å². The van der Waals surface area contributed by atoms with Gasteiger partial charge in [-0.3, -0.25) is 4.90 Å². The second-order valence-corrected chi connectivity index (χ2v) is 13.3. The van der Waals surface area contributed by atoms with Gasteiger partial charge in [0.05, 0.1) is 32.3 Å². The summed E-state index contributed by atoms with van der Waals surface area (Å²) in [6.07, 6.45) is 2.46.